The number of benzene rings is 2. The number of aliphatic hydroxyl groups is 3. The molecule has 6 atom stereocenters. The van der Waals surface area contributed by atoms with Crippen molar-refractivity contribution in [3.8, 4) is 11.5 Å². The van der Waals surface area contributed by atoms with Gasteiger partial charge < -0.3 is 30.0 Å². The van der Waals surface area contributed by atoms with E-state index in [1.807, 2.05) is 0 Å². The number of aromatic hydroxyl groups is 1. The molecule has 1 saturated carbocycles. The normalized spacial score (nSPS) is 26.1. The quantitative estimate of drug-likeness (QED) is 0.0822. The van der Waals surface area contributed by atoms with Crippen molar-refractivity contribution in [1.82, 2.24) is 15.0 Å². The molecule has 0 bridgehead atoms. The molecule has 2 heterocycles. The number of allylic oxidation sites excluding steroid dienone is 1. The van der Waals surface area contributed by atoms with Gasteiger partial charge >= 0.3 is 0 Å². The summed E-state index contributed by atoms with van der Waals surface area (Å²) in [5.41, 5.74) is 3.84. The number of aromatic nitrogens is 3. The highest BCUT2D eigenvalue weighted by Crippen LogP contribution is 2.62. The maximum Gasteiger partial charge on any atom is 0.269 e. The topological polar surface area (TPSA) is 186 Å². The van der Waals surface area contributed by atoms with Gasteiger partial charge in [0.15, 0.2) is 0 Å². The van der Waals surface area contributed by atoms with Crippen molar-refractivity contribution in [2.75, 3.05) is 13.2 Å². The average Bonchev–Trinajstić information content (AvgIpc) is 3.57. The monoisotopic (exact) mass is 689 g/mol. The van der Waals surface area contributed by atoms with E-state index in [-0.39, 0.29) is 55.4 Å². The molecule has 0 spiro atoms. The lowest BCUT2D eigenvalue weighted by Crippen LogP contribution is -2.62. The Morgan fingerprint density at radius 1 is 1.08 bits per heavy atom. The van der Waals surface area contributed by atoms with E-state index in [4.69, 9.17) is 14.7 Å². The zero-order chi connectivity index (χ0) is 35.3. The van der Waals surface area contributed by atoms with Gasteiger partial charge in [0.1, 0.15) is 24.1 Å². The Balaban J connectivity index is 1.48. The van der Waals surface area contributed by atoms with Crippen LogP contribution in [0.15, 0.2) is 65.5 Å². The van der Waals surface area contributed by atoms with Crippen LogP contribution in [0.5, 0.6) is 11.5 Å². The van der Waals surface area contributed by atoms with Crippen LogP contribution in [0.25, 0.3) is 0 Å². The Labute approximate surface area is 291 Å². The molecule has 1 aromatic heterocycles. The fraction of sp³-hybridized carbons (Fsp3) is 0.541. The summed E-state index contributed by atoms with van der Waals surface area (Å²) in [6.45, 7) is 2.38. The van der Waals surface area contributed by atoms with Crippen molar-refractivity contribution < 1.29 is 34.9 Å². The van der Waals surface area contributed by atoms with Crippen molar-refractivity contribution in [3.63, 3.8) is 0 Å². The third-order valence-corrected chi connectivity index (χ3v) is 10.5. The van der Waals surface area contributed by atoms with Gasteiger partial charge in [0.05, 0.1) is 28.4 Å². The standard InChI is InChI=1S/C37H47N5O8/c1-2-3-9-27-22-38-40-41(27)34-21-32(39-49-23-24-11-13-26(14-12-24)42(47)48)30-19-25(8-4-6-17-43)29(10-5-7-18-44)35-31-20-28(45)15-16-33(31)50-37(34,46)36(30)35/h11-16,19-20,22,25,29,34-36,43-46H,2-10,17-18,21,23H2,1H3/t25-,29+,34-,35+,36+,37+/m0/s1. The molecule has 3 aromatic rings. The molecule has 268 valence electrons. The van der Waals surface area contributed by atoms with E-state index in [9.17, 15) is 30.5 Å². The Bertz CT molecular complexity index is 1690. The van der Waals surface area contributed by atoms with Gasteiger partial charge in [0, 0.05) is 43.2 Å². The van der Waals surface area contributed by atoms with Crippen LogP contribution in [0, 0.1) is 27.9 Å². The zero-order valence-corrected chi connectivity index (χ0v) is 28.4. The second-order valence-electron chi connectivity index (χ2n) is 13.7. The first-order valence-corrected chi connectivity index (χ1v) is 17.8. The number of phenols is 1. The summed E-state index contributed by atoms with van der Waals surface area (Å²) in [7, 11) is 0. The number of phenolic OH excluding ortho intramolecular Hbond substituents is 1. The molecule has 6 rings (SSSR count). The Kier molecular flexibility index (Phi) is 11.1. The number of non-ortho nitro benzene ring substituents is 1. The van der Waals surface area contributed by atoms with Gasteiger partial charge in [-0.1, -0.05) is 42.6 Å². The highest BCUT2D eigenvalue weighted by atomic mass is 16.6. The summed E-state index contributed by atoms with van der Waals surface area (Å²) in [6, 6.07) is 10.4. The molecule has 4 N–H and O–H groups in total. The van der Waals surface area contributed by atoms with E-state index in [1.54, 1.807) is 41.2 Å². The smallest absolute Gasteiger partial charge is 0.269 e. The number of nitro groups is 1. The van der Waals surface area contributed by atoms with Crippen molar-refractivity contribution in [1.29, 1.82) is 0 Å². The number of nitro benzene ring substituents is 1. The van der Waals surface area contributed by atoms with Gasteiger partial charge in [0.2, 0.25) is 5.79 Å². The van der Waals surface area contributed by atoms with Crippen LogP contribution in [-0.4, -0.2) is 65.1 Å². The molecule has 1 aliphatic heterocycles. The minimum Gasteiger partial charge on any atom is -0.508 e. The molecule has 3 aliphatic rings. The summed E-state index contributed by atoms with van der Waals surface area (Å²) in [5, 5.41) is 67.7. The van der Waals surface area contributed by atoms with Gasteiger partial charge in [0.25, 0.3) is 5.69 Å². The maximum atomic E-state index is 13.0. The summed E-state index contributed by atoms with van der Waals surface area (Å²) in [5.74, 6) is -1.95. The molecular formula is C37H47N5O8. The zero-order valence-electron chi connectivity index (χ0n) is 28.4. The maximum absolute atomic E-state index is 13.0. The Morgan fingerprint density at radius 2 is 1.84 bits per heavy atom. The van der Waals surface area contributed by atoms with Gasteiger partial charge in [-0.3, -0.25) is 10.1 Å². The molecule has 0 unspecified atom stereocenters. The minimum absolute atomic E-state index is 0.0102. The number of oxime groups is 1. The number of unbranched alkanes of at least 4 members (excludes halogenated alkanes) is 3. The van der Waals surface area contributed by atoms with E-state index in [0.717, 1.165) is 61.8 Å². The van der Waals surface area contributed by atoms with Gasteiger partial charge in [-0.15, -0.1) is 5.10 Å². The molecule has 13 nitrogen and oxygen atoms in total. The van der Waals surface area contributed by atoms with Gasteiger partial charge in [-0.05, 0) is 91.8 Å². The molecule has 2 aliphatic carbocycles. The fourth-order valence-electron chi connectivity index (χ4n) is 8.17. The molecule has 1 fully saturated rings. The highest BCUT2D eigenvalue weighted by Gasteiger charge is 2.63. The third kappa shape index (κ3) is 7.12. The van der Waals surface area contributed by atoms with Crippen LogP contribution in [0.1, 0.15) is 93.5 Å². The van der Waals surface area contributed by atoms with Gasteiger partial charge in [-0.25, -0.2) is 4.68 Å². The van der Waals surface area contributed by atoms with Crippen LogP contribution >= 0.6 is 0 Å². The number of ether oxygens (including phenoxy) is 1. The number of aryl methyl sites for hydroxylation is 1. The first-order valence-electron chi connectivity index (χ1n) is 17.8. The Hall–Kier alpha value is -4.33. The number of aliphatic hydroxyl groups excluding tert-OH is 2. The second-order valence-corrected chi connectivity index (χ2v) is 13.7. The molecule has 13 heteroatoms. The van der Waals surface area contributed by atoms with Crippen LogP contribution in [0.4, 0.5) is 5.69 Å². The average molecular weight is 690 g/mol. The van der Waals surface area contributed by atoms with Crippen LogP contribution in [0.2, 0.25) is 0 Å². The molecule has 2 aromatic carbocycles. The number of rotatable bonds is 16. The van der Waals surface area contributed by atoms with E-state index in [0.29, 0.717) is 29.9 Å². The van der Waals surface area contributed by atoms with Crippen molar-refractivity contribution in [2.45, 2.75) is 95.5 Å². The summed E-state index contributed by atoms with van der Waals surface area (Å²) in [6.07, 6.45) is 11.3. The number of hydrogen-bond acceptors (Lipinski definition) is 11. The molecule has 0 amide bonds. The van der Waals surface area contributed by atoms with Crippen molar-refractivity contribution in [2.24, 2.45) is 22.9 Å². The number of fused-ring (bicyclic) bond motifs is 2. The van der Waals surface area contributed by atoms with Crippen molar-refractivity contribution >= 4 is 11.4 Å². The van der Waals surface area contributed by atoms with Crippen molar-refractivity contribution in [3.05, 3.63) is 87.2 Å². The SMILES string of the molecule is CCCCc1cnnn1[C@H]1CC(=NOCc2ccc([N+](=O)[O-])cc2)C2=C[C@H](CCCCO)[C@@H](CCCCO)[C@@H]3c4cc(O)ccc4O[C@@]1(O)[C@H]23. The lowest BCUT2D eigenvalue weighted by atomic mass is 9.55. The summed E-state index contributed by atoms with van der Waals surface area (Å²) < 4.78 is 8.43. The number of nitrogens with zero attached hydrogens (tertiary/aromatic N) is 5. The fourth-order valence-corrected chi connectivity index (χ4v) is 8.17. The predicted molar refractivity (Wildman–Crippen MR) is 184 cm³/mol. The summed E-state index contributed by atoms with van der Waals surface area (Å²) in [4.78, 5) is 16.7. The molecule has 50 heavy (non-hydrogen) atoms. The molecule has 0 radical (unpaired) electrons. The van der Waals surface area contributed by atoms with Crippen LogP contribution in [-0.2, 0) is 17.9 Å². The summed E-state index contributed by atoms with van der Waals surface area (Å²) >= 11 is 0. The molecular weight excluding hydrogens is 642 g/mol. The van der Waals surface area contributed by atoms with E-state index in [1.165, 1.54) is 12.1 Å². The highest BCUT2D eigenvalue weighted by molar-refractivity contribution is 6.02. The third-order valence-electron chi connectivity index (χ3n) is 10.5. The van der Waals surface area contributed by atoms with E-state index in [2.05, 4.69) is 23.3 Å². The largest absolute Gasteiger partial charge is 0.508 e. The Morgan fingerprint density at radius 3 is 2.56 bits per heavy atom. The van der Waals surface area contributed by atoms with E-state index >= 15 is 0 Å². The second kappa shape index (κ2) is 15.7. The predicted octanol–water partition coefficient (Wildman–Crippen LogP) is 5.73. The molecule has 0 saturated heterocycles. The van der Waals surface area contributed by atoms with E-state index < -0.39 is 22.7 Å². The first-order chi connectivity index (χ1) is 24.3. The lowest BCUT2D eigenvalue weighted by molar-refractivity contribution is -0.384. The van der Waals surface area contributed by atoms with Gasteiger partial charge in [-0.2, -0.15) is 0 Å². The first kappa shape index (κ1) is 35.5. The number of hydrogen-bond donors (Lipinski definition) is 4. The minimum atomic E-state index is -1.75. The van der Waals surface area contributed by atoms with Crippen LogP contribution < -0.4 is 4.74 Å². The van der Waals surface area contributed by atoms with Crippen LogP contribution in [0.3, 0.4) is 0 Å². The lowest BCUT2D eigenvalue weighted by Gasteiger charge is -2.56.